The van der Waals surface area contributed by atoms with Crippen LogP contribution in [-0.4, -0.2) is 34.1 Å². The first-order valence-corrected chi connectivity index (χ1v) is 7.40. The van der Waals surface area contributed by atoms with E-state index in [4.69, 9.17) is 11.6 Å². The van der Waals surface area contributed by atoms with Gasteiger partial charge in [-0.05, 0) is 11.0 Å². The van der Waals surface area contributed by atoms with Gasteiger partial charge in [0, 0.05) is 19.0 Å². The molecule has 0 aliphatic carbocycles. The van der Waals surface area contributed by atoms with E-state index in [1.54, 1.807) is 0 Å². The molecule has 1 amide bonds. The van der Waals surface area contributed by atoms with E-state index in [9.17, 15) is 4.79 Å². The predicted octanol–water partition coefficient (Wildman–Crippen LogP) is 3.33. The molecule has 1 aromatic heterocycles. The van der Waals surface area contributed by atoms with Crippen LogP contribution in [0.1, 0.15) is 35.8 Å². The highest BCUT2D eigenvalue weighted by atomic mass is 35.5. The van der Waals surface area contributed by atoms with Gasteiger partial charge in [0.15, 0.2) is 0 Å². The summed E-state index contributed by atoms with van der Waals surface area (Å²) in [6, 6.07) is 10.4. The van der Waals surface area contributed by atoms with E-state index >= 15 is 0 Å². The van der Waals surface area contributed by atoms with Crippen LogP contribution in [0.25, 0.3) is 0 Å². The fourth-order valence-corrected chi connectivity index (χ4v) is 3.28. The van der Waals surface area contributed by atoms with Gasteiger partial charge in [-0.1, -0.05) is 55.8 Å². The van der Waals surface area contributed by atoms with Gasteiger partial charge in [0.05, 0.1) is 11.2 Å². The van der Waals surface area contributed by atoms with Crippen molar-refractivity contribution in [3.8, 4) is 0 Å². The van der Waals surface area contributed by atoms with Crippen LogP contribution in [0.15, 0.2) is 36.5 Å². The number of carbonyl (C=O) groups excluding carboxylic acids is 1. The molecule has 0 spiro atoms. The smallest absolute Gasteiger partial charge is 0.273 e. The van der Waals surface area contributed by atoms with Gasteiger partial charge in [-0.2, -0.15) is 5.10 Å². The second kappa shape index (κ2) is 5.19. The van der Waals surface area contributed by atoms with Crippen molar-refractivity contribution in [1.29, 1.82) is 0 Å². The third kappa shape index (κ3) is 2.56. The Morgan fingerprint density at radius 2 is 2.10 bits per heavy atom. The van der Waals surface area contributed by atoms with Gasteiger partial charge >= 0.3 is 0 Å². The number of nitrogens with one attached hydrogen (secondary N) is 1. The summed E-state index contributed by atoms with van der Waals surface area (Å²) in [6.07, 6.45) is 1.46. The van der Waals surface area contributed by atoms with Crippen LogP contribution in [0.3, 0.4) is 0 Å². The van der Waals surface area contributed by atoms with E-state index in [0.29, 0.717) is 29.7 Å². The van der Waals surface area contributed by atoms with Gasteiger partial charge in [-0.25, -0.2) is 0 Å². The third-order valence-electron chi connectivity index (χ3n) is 4.24. The zero-order valence-electron chi connectivity index (χ0n) is 12.1. The van der Waals surface area contributed by atoms with Crippen LogP contribution < -0.4 is 0 Å². The first-order valence-electron chi connectivity index (χ1n) is 7.02. The number of halogens is 1. The monoisotopic (exact) mass is 303 g/mol. The molecule has 2 heterocycles. The summed E-state index contributed by atoms with van der Waals surface area (Å²) < 4.78 is 0. The standard InChI is InChI=1S/C16H18ClN3O/c1-16(2)10-20(15(21)14-13(17)8-18-19-14)9-12(16)11-6-4-3-5-7-11/h3-8,12H,9-10H2,1-2H3,(H,18,19)/t12-/m1/s1. The molecule has 4 nitrogen and oxygen atoms in total. The summed E-state index contributed by atoms with van der Waals surface area (Å²) in [5.41, 5.74) is 1.68. The predicted molar refractivity (Wildman–Crippen MR) is 82.5 cm³/mol. The molecule has 0 unspecified atom stereocenters. The van der Waals surface area contributed by atoms with Crippen LogP contribution in [0.2, 0.25) is 5.02 Å². The molecule has 1 N–H and O–H groups in total. The van der Waals surface area contributed by atoms with Crippen LogP contribution >= 0.6 is 11.6 Å². The van der Waals surface area contributed by atoms with Crippen molar-refractivity contribution in [3.63, 3.8) is 0 Å². The fraction of sp³-hybridized carbons (Fsp3) is 0.375. The number of aromatic nitrogens is 2. The molecule has 21 heavy (non-hydrogen) atoms. The molecule has 0 saturated carbocycles. The van der Waals surface area contributed by atoms with E-state index in [1.807, 2.05) is 23.1 Å². The molecule has 1 aliphatic heterocycles. The van der Waals surface area contributed by atoms with Gasteiger partial charge in [-0.3, -0.25) is 9.89 Å². The third-order valence-corrected chi connectivity index (χ3v) is 4.53. The van der Waals surface area contributed by atoms with E-state index in [0.717, 1.165) is 0 Å². The Labute approximate surface area is 129 Å². The number of rotatable bonds is 2. The van der Waals surface area contributed by atoms with Crippen molar-refractivity contribution in [2.24, 2.45) is 5.41 Å². The van der Waals surface area contributed by atoms with Crippen molar-refractivity contribution in [3.05, 3.63) is 52.8 Å². The molecule has 0 bridgehead atoms. The lowest BCUT2D eigenvalue weighted by atomic mass is 9.78. The van der Waals surface area contributed by atoms with Crippen molar-refractivity contribution >= 4 is 17.5 Å². The summed E-state index contributed by atoms with van der Waals surface area (Å²) >= 11 is 6.00. The molecule has 1 fully saturated rings. The Balaban J connectivity index is 1.85. The average Bonchev–Trinajstić information content (AvgIpc) is 3.02. The normalized spacial score (nSPS) is 20.7. The van der Waals surface area contributed by atoms with Gasteiger partial charge < -0.3 is 4.90 Å². The second-order valence-corrected chi connectivity index (χ2v) is 6.64. The molecule has 1 saturated heterocycles. The summed E-state index contributed by atoms with van der Waals surface area (Å²) in [7, 11) is 0. The summed E-state index contributed by atoms with van der Waals surface area (Å²) in [5.74, 6) is 0.244. The quantitative estimate of drug-likeness (QED) is 0.925. The molecule has 110 valence electrons. The minimum atomic E-state index is -0.0796. The highest BCUT2D eigenvalue weighted by Crippen LogP contribution is 2.42. The minimum absolute atomic E-state index is 0.0313. The lowest BCUT2D eigenvalue weighted by molar-refractivity contribution is 0.0772. The number of hydrogen-bond donors (Lipinski definition) is 1. The van der Waals surface area contributed by atoms with Gasteiger partial charge in [-0.15, -0.1) is 0 Å². The number of nitrogens with zero attached hydrogens (tertiary/aromatic N) is 2. The lowest BCUT2D eigenvalue weighted by Gasteiger charge is -2.25. The fourth-order valence-electron chi connectivity index (χ4n) is 3.11. The Kier molecular flexibility index (Phi) is 3.49. The lowest BCUT2D eigenvalue weighted by Crippen LogP contribution is -2.30. The van der Waals surface area contributed by atoms with Gasteiger partial charge in [0.2, 0.25) is 0 Å². The maximum Gasteiger partial charge on any atom is 0.273 e. The first kappa shape index (κ1) is 14.1. The zero-order chi connectivity index (χ0) is 15.0. The van der Waals surface area contributed by atoms with Crippen LogP contribution in [0.5, 0.6) is 0 Å². The Hall–Kier alpha value is -1.81. The zero-order valence-corrected chi connectivity index (χ0v) is 12.9. The molecule has 0 radical (unpaired) electrons. The largest absolute Gasteiger partial charge is 0.336 e. The number of hydrogen-bond acceptors (Lipinski definition) is 2. The van der Waals surface area contributed by atoms with Crippen LogP contribution in [-0.2, 0) is 0 Å². The molecule has 1 atom stereocenters. The molecular formula is C16H18ClN3O. The number of benzene rings is 1. The van der Waals surface area contributed by atoms with E-state index in [-0.39, 0.29) is 11.3 Å². The Morgan fingerprint density at radius 3 is 2.71 bits per heavy atom. The highest BCUT2D eigenvalue weighted by molar-refractivity contribution is 6.33. The topological polar surface area (TPSA) is 49.0 Å². The summed E-state index contributed by atoms with van der Waals surface area (Å²) in [6.45, 7) is 5.81. The molecular weight excluding hydrogens is 286 g/mol. The SMILES string of the molecule is CC1(C)CN(C(=O)c2[nH]ncc2Cl)C[C@@H]1c1ccccc1. The Bertz CT molecular complexity index is 651. The van der Waals surface area contributed by atoms with E-state index < -0.39 is 0 Å². The van der Waals surface area contributed by atoms with Crippen molar-refractivity contribution in [1.82, 2.24) is 15.1 Å². The van der Waals surface area contributed by atoms with Gasteiger partial charge in [0.1, 0.15) is 5.69 Å². The maximum atomic E-state index is 12.6. The number of H-pyrrole nitrogens is 1. The second-order valence-electron chi connectivity index (χ2n) is 6.23. The van der Waals surface area contributed by atoms with Crippen molar-refractivity contribution < 1.29 is 4.79 Å². The molecule has 5 heteroatoms. The molecule has 2 aromatic rings. The summed E-state index contributed by atoms with van der Waals surface area (Å²) in [4.78, 5) is 14.4. The Morgan fingerprint density at radius 1 is 1.38 bits per heavy atom. The number of aromatic amines is 1. The molecule has 1 aliphatic rings. The molecule has 3 rings (SSSR count). The summed E-state index contributed by atoms with van der Waals surface area (Å²) in [5, 5.41) is 6.89. The van der Waals surface area contributed by atoms with Gasteiger partial charge in [0.25, 0.3) is 5.91 Å². The minimum Gasteiger partial charge on any atom is -0.336 e. The van der Waals surface area contributed by atoms with E-state index in [2.05, 4.69) is 36.2 Å². The van der Waals surface area contributed by atoms with Crippen LogP contribution in [0, 0.1) is 5.41 Å². The highest BCUT2D eigenvalue weighted by Gasteiger charge is 2.42. The van der Waals surface area contributed by atoms with Crippen LogP contribution in [0.4, 0.5) is 0 Å². The van der Waals surface area contributed by atoms with Crippen molar-refractivity contribution in [2.75, 3.05) is 13.1 Å². The number of likely N-dealkylation sites (tertiary alicyclic amines) is 1. The number of amides is 1. The van der Waals surface area contributed by atoms with E-state index in [1.165, 1.54) is 11.8 Å². The first-order chi connectivity index (χ1) is 9.99. The number of carbonyl (C=O) groups is 1. The van der Waals surface area contributed by atoms with Crippen molar-refractivity contribution in [2.45, 2.75) is 19.8 Å². The maximum absolute atomic E-state index is 12.6. The molecule has 1 aromatic carbocycles. The average molecular weight is 304 g/mol.